The van der Waals surface area contributed by atoms with Crippen molar-refractivity contribution in [3.63, 3.8) is 0 Å². The first-order valence-corrected chi connectivity index (χ1v) is 17.2. The Kier molecular flexibility index (Phi) is 12.0. The van der Waals surface area contributed by atoms with Gasteiger partial charge in [0.2, 0.25) is 11.8 Å². The molecule has 9 heteroatoms. The van der Waals surface area contributed by atoms with Crippen LogP contribution in [0.4, 0.5) is 5.69 Å². The van der Waals surface area contributed by atoms with E-state index in [1.807, 2.05) is 68.4 Å². The van der Waals surface area contributed by atoms with E-state index in [1.165, 1.54) is 17.0 Å². The lowest BCUT2D eigenvalue weighted by Crippen LogP contribution is -2.53. The standard InChI is InChI=1S/C35H38IN3O4S/c1-3-4-23-37-35(41)33(24-28-14-7-5-8-15-28)38(25-29-16-12-11-13-27(29)2)34(40)26-39(31-21-19-30(36)20-22-31)44(42,43)32-17-9-6-10-18-32/h5-22,33H,3-4,23-26H2,1-2H3,(H,37,41)/t33-/m0/s1. The van der Waals surface area contributed by atoms with Gasteiger partial charge in [-0.3, -0.25) is 13.9 Å². The van der Waals surface area contributed by atoms with E-state index in [0.717, 1.165) is 37.4 Å². The van der Waals surface area contributed by atoms with Crippen LogP contribution in [0.2, 0.25) is 0 Å². The number of halogens is 1. The average molecular weight is 724 g/mol. The van der Waals surface area contributed by atoms with Crippen molar-refractivity contribution in [1.29, 1.82) is 0 Å². The molecule has 0 heterocycles. The summed E-state index contributed by atoms with van der Waals surface area (Å²) in [6.45, 7) is 4.18. The number of hydrogen-bond donors (Lipinski definition) is 1. The average Bonchev–Trinajstić information content (AvgIpc) is 3.03. The molecule has 0 unspecified atom stereocenters. The summed E-state index contributed by atoms with van der Waals surface area (Å²) >= 11 is 2.16. The minimum Gasteiger partial charge on any atom is -0.354 e. The summed E-state index contributed by atoms with van der Waals surface area (Å²) in [5.74, 6) is -0.742. The maximum Gasteiger partial charge on any atom is 0.264 e. The minimum atomic E-state index is -4.12. The summed E-state index contributed by atoms with van der Waals surface area (Å²) in [6.07, 6.45) is 2.01. The number of aryl methyl sites for hydroxylation is 1. The molecular weight excluding hydrogens is 685 g/mol. The van der Waals surface area contributed by atoms with Crippen LogP contribution in [0.5, 0.6) is 0 Å². The fourth-order valence-corrected chi connectivity index (χ4v) is 6.68. The van der Waals surface area contributed by atoms with Crippen molar-refractivity contribution in [3.05, 3.63) is 129 Å². The van der Waals surface area contributed by atoms with Crippen LogP contribution in [-0.4, -0.2) is 44.3 Å². The van der Waals surface area contributed by atoms with E-state index in [0.29, 0.717) is 12.2 Å². The summed E-state index contributed by atoms with van der Waals surface area (Å²) < 4.78 is 30.1. The van der Waals surface area contributed by atoms with Gasteiger partial charge in [-0.15, -0.1) is 0 Å². The van der Waals surface area contributed by atoms with Crippen LogP contribution in [0.3, 0.4) is 0 Å². The number of benzene rings is 4. The topological polar surface area (TPSA) is 86.8 Å². The molecule has 7 nitrogen and oxygen atoms in total. The fraction of sp³-hybridized carbons (Fsp3) is 0.257. The third-order valence-corrected chi connectivity index (χ3v) is 9.93. The molecule has 0 saturated carbocycles. The molecule has 0 bridgehead atoms. The van der Waals surface area contributed by atoms with E-state index < -0.39 is 28.5 Å². The predicted molar refractivity (Wildman–Crippen MR) is 184 cm³/mol. The highest BCUT2D eigenvalue weighted by Crippen LogP contribution is 2.26. The summed E-state index contributed by atoms with van der Waals surface area (Å²) in [7, 11) is -4.12. The second-order valence-electron chi connectivity index (χ2n) is 10.6. The first kappa shape index (κ1) is 33.2. The number of anilines is 1. The zero-order valence-corrected chi connectivity index (χ0v) is 28.0. The number of nitrogens with one attached hydrogen (secondary N) is 1. The van der Waals surface area contributed by atoms with Crippen LogP contribution >= 0.6 is 22.6 Å². The van der Waals surface area contributed by atoms with Crippen molar-refractivity contribution in [2.75, 3.05) is 17.4 Å². The van der Waals surface area contributed by atoms with Crippen LogP contribution in [0, 0.1) is 10.5 Å². The number of carbonyl (C=O) groups excluding carboxylic acids is 2. The smallest absolute Gasteiger partial charge is 0.264 e. The molecule has 0 aliphatic carbocycles. The molecule has 44 heavy (non-hydrogen) atoms. The van der Waals surface area contributed by atoms with Crippen LogP contribution < -0.4 is 9.62 Å². The van der Waals surface area contributed by atoms with E-state index in [2.05, 4.69) is 27.9 Å². The van der Waals surface area contributed by atoms with Crippen LogP contribution in [0.25, 0.3) is 0 Å². The molecule has 0 saturated heterocycles. The number of amides is 2. The van der Waals surface area contributed by atoms with E-state index in [9.17, 15) is 18.0 Å². The van der Waals surface area contributed by atoms with Gasteiger partial charge in [0.1, 0.15) is 12.6 Å². The first-order chi connectivity index (χ1) is 21.2. The van der Waals surface area contributed by atoms with Crippen molar-refractivity contribution in [2.24, 2.45) is 0 Å². The zero-order chi connectivity index (χ0) is 31.5. The van der Waals surface area contributed by atoms with Gasteiger partial charge in [0, 0.05) is 23.1 Å². The van der Waals surface area contributed by atoms with Gasteiger partial charge in [-0.05, 0) is 89.0 Å². The zero-order valence-electron chi connectivity index (χ0n) is 25.0. The maximum absolute atomic E-state index is 14.5. The van der Waals surface area contributed by atoms with Crippen molar-refractivity contribution in [2.45, 2.75) is 50.6 Å². The second-order valence-corrected chi connectivity index (χ2v) is 13.7. The third-order valence-electron chi connectivity index (χ3n) is 7.43. The monoisotopic (exact) mass is 723 g/mol. The molecule has 0 aliphatic rings. The van der Waals surface area contributed by atoms with Gasteiger partial charge in [-0.2, -0.15) is 0 Å². The van der Waals surface area contributed by atoms with E-state index in [4.69, 9.17) is 0 Å². The molecule has 2 amide bonds. The number of nitrogens with zero attached hydrogens (tertiary/aromatic N) is 2. The van der Waals surface area contributed by atoms with Gasteiger partial charge < -0.3 is 10.2 Å². The van der Waals surface area contributed by atoms with E-state index in [-0.39, 0.29) is 23.8 Å². The second kappa shape index (κ2) is 15.9. The Morgan fingerprint density at radius 1 is 0.841 bits per heavy atom. The first-order valence-electron chi connectivity index (χ1n) is 14.7. The molecule has 4 aromatic carbocycles. The fourth-order valence-electron chi connectivity index (χ4n) is 4.89. The Morgan fingerprint density at radius 2 is 1.45 bits per heavy atom. The van der Waals surface area contributed by atoms with Gasteiger partial charge in [-0.1, -0.05) is 86.1 Å². The highest BCUT2D eigenvalue weighted by atomic mass is 127. The Bertz CT molecular complexity index is 1630. The third kappa shape index (κ3) is 8.69. The van der Waals surface area contributed by atoms with Gasteiger partial charge >= 0.3 is 0 Å². The van der Waals surface area contributed by atoms with Crippen molar-refractivity contribution < 1.29 is 18.0 Å². The SMILES string of the molecule is CCCCNC(=O)[C@H](Cc1ccccc1)N(Cc1ccccc1C)C(=O)CN(c1ccc(I)cc1)S(=O)(=O)c1ccccc1. The van der Waals surface area contributed by atoms with Crippen LogP contribution in [0.1, 0.15) is 36.5 Å². The molecule has 1 N–H and O–H groups in total. The lowest BCUT2D eigenvalue weighted by atomic mass is 10.0. The Morgan fingerprint density at radius 3 is 2.09 bits per heavy atom. The molecule has 230 valence electrons. The molecule has 1 atom stereocenters. The molecule has 4 rings (SSSR count). The summed E-state index contributed by atoms with van der Waals surface area (Å²) in [5, 5.41) is 3.02. The summed E-state index contributed by atoms with van der Waals surface area (Å²) in [4.78, 5) is 29.9. The van der Waals surface area contributed by atoms with Crippen molar-refractivity contribution in [3.8, 4) is 0 Å². The number of unbranched alkanes of at least 4 members (excludes halogenated alkanes) is 1. The number of hydrogen-bond acceptors (Lipinski definition) is 4. The Balaban J connectivity index is 1.78. The molecule has 0 aliphatic heterocycles. The molecule has 0 aromatic heterocycles. The number of carbonyl (C=O) groups is 2. The van der Waals surface area contributed by atoms with Gasteiger partial charge in [0.25, 0.3) is 10.0 Å². The minimum absolute atomic E-state index is 0.0787. The van der Waals surface area contributed by atoms with Crippen LogP contribution in [-0.2, 0) is 32.6 Å². The van der Waals surface area contributed by atoms with E-state index >= 15 is 0 Å². The van der Waals surface area contributed by atoms with Crippen molar-refractivity contribution in [1.82, 2.24) is 10.2 Å². The highest BCUT2D eigenvalue weighted by molar-refractivity contribution is 14.1. The predicted octanol–water partition coefficient (Wildman–Crippen LogP) is 6.35. The normalized spacial score (nSPS) is 11.9. The highest BCUT2D eigenvalue weighted by Gasteiger charge is 2.34. The van der Waals surface area contributed by atoms with Gasteiger partial charge in [0.05, 0.1) is 10.6 Å². The molecular formula is C35H38IN3O4S. The van der Waals surface area contributed by atoms with Gasteiger partial charge in [-0.25, -0.2) is 8.42 Å². The van der Waals surface area contributed by atoms with Crippen molar-refractivity contribution >= 4 is 50.1 Å². The van der Waals surface area contributed by atoms with E-state index in [1.54, 1.807) is 42.5 Å². The lowest BCUT2D eigenvalue weighted by Gasteiger charge is -2.34. The summed E-state index contributed by atoms with van der Waals surface area (Å²) in [6, 6.07) is 31.5. The number of rotatable bonds is 14. The molecule has 4 aromatic rings. The Hall–Kier alpha value is -3.70. The summed E-state index contributed by atoms with van der Waals surface area (Å²) in [5.41, 5.74) is 3.12. The molecule has 0 fully saturated rings. The van der Waals surface area contributed by atoms with Crippen LogP contribution in [0.15, 0.2) is 114 Å². The lowest BCUT2D eigenvalue weighted by molar-refractivity contribution is -0.140. The number of sulfonamides is 1. The molecule has 0 radical (unpaired) electrons. The van der Waals surface area contributed by atoms with Gasteiger partial charge in [0.15, 0.2) is 0 Å². The quantitative estimate of drug-likeness (QED) is 0.121. The maximum atomic E-state index is 14.5. The molecule has 0 spiro atoms. The Labute approximate surface area is 274 Å². The largest absolute Gasteiger partial charge is 0.354 e.